The minimum absolute atomic E-state index is 0.00801. The number of aromatic amines is 1. The summed E-state index contributed by atoms with van der Waals surface area (Å²) in [6.07, 6.45) is 0.732. The van der Waals surface area contributed by atoms with Crippen molar-refractivity contribution < 1.29 is 14.3 Å². The molecule has 5 nitrogen and oxygen atoms in total. The standard InChI is InChI=1S/C16H16Cl2N2O3/c1-7-12-10(2-3-19-16(7)21)20-15-13(12)11(4-9(17)14(15)18)23-8-5-22-6-8/h4,7-8,20H,2-3,5-6H2,1H3,(H,19,21). The molecule has 1 amide bonds. The van der Waals surface area contributed by atoms with Crippen LogP contribution in [-0.2, 0) is 16.0 Å². The number of nitrogens with one attached hydrogen (secondary N) is 2. The summed E-state index contributed by atoms with van der Waals surface area (Å²) in [7, 11) is 0. The van der Waals surface area contributed by atoms with Crippen LogP contribution in [-0.4, -0.2) is 36.8 Å². The van der Waals surface area contributed by atoms with E-state index >= 15 is 0 Å². The molecular formula is C16H16Cl2N2O3. The zero-order valence-corrected chi connectivity index (χ0v) is 14.1. The van der Waals surface area contributed by atoms with E-state index in [-0.39, 0.29) is 17.9 Å². The molecule has 1 aromatic carbocycles. The second kappa shape index (κ2) is 5.58. The predicted octanol–water partition coefficient (Wildman–Crippen LogP) is 3.03. The van der Waals surface area contributed by atoms with Crippen molar-refractivity contribution in [3.05, 3.63) is 27.4 Å². The molecule has 2 aliphatic heterocycles. The number of hydrogen-bond donors (Lipinski definition) is 2. The lowest BCUT2D eigenvalue weighted by Gasteiger charge is -2.27. The van der Waals surface area contributed by atoms with Crippen LogP contribution in [0.15, 0.2) is 6.07 Å². The van der Waals surface area contributed by atoms with Crippen LogP contribution in [0.2, 0.25) is 10.0 Å². The van der Waals surface area contributed by atoms with Gasteiger partial charge in [-0.2, -0.15) is 0 Å². The van der Waals surface area contributed by atoms with Crippen LogP contribution in [0.1, 0.15) is 24.1 Å². The molecule has 2 aliphatic rings. The second-order valence-electron chi connectivity index (χ2n) is 5.98. The Morgan fingerprint density at radius 3 is 2.83 bits per heavy atom. The Morgan fingerprint density at radius 1 is 1.35 bits per heavy atom. The topological polar surface area (TPSA) is 63.4 Å². The fourth-order valence-electron chi connectivity index (χ4n) is 3.18. The largest absolute Gasteiger partial charge is 0.485 e. The van der Waals surface area contributed by atoms with E-state index in [4.69, 9.17) is 32.7 Å². The zero-order valence-electron chi connectivity index (χ0n) is 12.5. The van der Waals surface area contributed by atoms with E-state index < -0.39 is 0 Å². The average molecular weight is 355 g/mol. The summed E-state index contributed by atoms with van der Waals surface area (Å²) in [5, 5.41) is 4.67. The molecule has 0 saturated carbocycles. The van der Waals surface area contributed by atoms with E-state index in [1.807, 2.05) is 6.92 Å². The van der Waals surface area contributed by atoms with Gasteiger partial charge in [0.25, 0.3) is 0 Å². The molecule has 2 aromatic rings. The van der Waals surface area contributed by atoms with Crippen LogP contribution in [0.3, 0.4) is 0 Å². The Balaban J connectivity index is 1.95. The number of aromatic nitrogens is 1. The monoisotopic (exact) mass is 354 g/mol. The molecular weight excluding hydrogens is 339 g/mol. The number of carbonyl (C=O) groups excluding carboxylic acids is 1. The van der Waals surface area contributed by atoms with Gasteiger partial charge in [0.05, 0.1) is 34.7 Å². The maximum absolute atomic E-state index is 12.2. The van der Waals surface area contributed by atoms with E-state index in [1.165, 1.54) is 0 Å². The fourth-order valence-corrected chi connectivity index (χ4v) is 3.57. The third kappa shape index (κ3) is 2.38. The van der Waals surface area contributed by atoms with Crippen molar-refractivity contribution in [2.24, 2.45) is 0 Å². The van der Waals surface area contributed by atoms with Crippen LogP contribution < -0.4 is 10.1 Å². The van der Waals surface area contributed by atoms with Gasteiger partial charge < -0.3 is 19.8 Å². The van der Waals surface area contributed by atoms with Crippen molar-refractivity contribution in [2.75, 3.05) is 19.8 Å². The van der Waals surface area contributed by atoms with Crippen molar-refractivity contribution in [2.45, 2.75) is 25.4 Å². The molecule has 4 rings (SSSR count). The van der Waals surface area contributed by atoms with E-state index in [2.05, 4.69) is 10.3 Å². The third-order valence-electron chi connectivity index (χ3n) is 4.46. The SMILES string of the molecule is CC1C(=O)NCCc2[nH]c3c(Cl)c(Cl)cc(OC4COC4)c3c21. The highest BCUT2D eigenvalue weighted by Gasteiger charge is 2.30. The molecule has 1 aromatic heterocycles. The first-order valence-electron chi connectivity index (χ1n) is 7.60. The Labute approximate surface area is 143 Å². The molecule has 23 heavy (non-hydrogen) atoms. The number of halogens is 2. The van der Waals surface area contributed by atoms with Gasteiger partial charge in [-0.05, 0) is 12.5 Å². The first kappa shape index (κ1) is 15.1. The van der Waals surface area contributed by atoms with E-state index in [0.717, 1.165) is 28.6 Å². The summed E-state index contributed by atoms with van der Waals surface area (Å²) in [5.74, 6) is 0.383. The Hall–Kier alpha value is -1.43. The third-order valence-corrected chi connectivity index (χ3v) is 5.24. The Bertz CT molecular complexity index is 798. The summed E-state index contributed by atoms with van der Waals surface area (Å²) < 4.78 is 11.2. The normalized spacial score (nSPS) is 21.5. The molecule has 3 heterocycles. The number of H-pyrrole nitrogens is 1. The highest BCUT2D eigenvalue weighted by atomic mass is 35.5. The minimum Gasteiger partial charge on any atom is -0.485 e. The molecule has 1 atom stereocenters. The van der Waals surface area contributed by atoms with Crippen LogP contribution in [0, 0.1) is 0 Å². The van der Waals surface area contributed by atoms with Gasteiger partial charge in [-0.15, -0.1) is 0 Å². The lowest BCUT2D eigenvalue weighted by Crippen LogP contribution is -2.38. The Morgan fingerprint density at radius 2 is 2.13 bits per heavy atom. The molecule has 0 aliphatic carbocycles. The van der Waals surface area contributed by atoms with Gasteiger partial charge >= 0.3 is 0 Å². The molecule has 1 unspecified atom stereocenters. The van der Waals surface area contributed by atoms with Crippen molar-refractivity contribution in [1.29, 1.82) is 0 Å². The number of amides is 1. The van der Waals surface area contributed by atoms with Crippen LogP contribution in [0.5, 0.6) is 5.75 Å². The minimum atomic E-state index is -0.279. The van der Waals surface area contributed by atoms with Gasteiger partial charge in [-0.3, -0.25) is 4.79 Å². The lowest BCUT2D eigenvalue weighted by atomic mass is 9.96. The second-order valence-corrected chi connectivity index (χ2v) is 6.76. The van der Waals surface area contributed by atoms with Crippen LogP contribution >= 0.6 is 23.2 Å². The summed E-state index contributed by atoms with van der Waals surface area (Å²) >= 11 is 12.6. The molecule has 0 radical (unpaired) electrons. The first-order valence-corrected chi connectivity index (χ1v) is 8.36. The van der Waals surface area contributed by atoms with Gasteiger partial charge in [0.2, 0.25) is 5.91 Å². The molecule has 2 N–H and O–H groups in total. The highest BCUT2D eigenvalue weighted by molar-refractivity contribution is 6.45. The smallest absolute Gasteiger partial charge is 0.227 e. The van der Waals surface area contributed by atoms with Crippen molar-refractivity contribution in [1.82, 2.24) is 10.3 Å². The predicted molar refractivity (Wildman–Crippen MR) is 88.7 cm³/mol. The van der Waals surface area contributed by atoms with E-state index in [1.54, 1.807) is 6.07 Å². The maximum atomic E-state index is 12.2. The van der Waals surface area contributed by atoms with Crippen LogP contribution in [0.25, 0.3) is 10.9 Å². The average Bonchev–Trinajstić information content (AvgIpc) is 2.80. The molecule has 0 spiro atoms. The van der Waals surface area contributed by atoms with Gasteiger partial charge in [0.1, 0.15) is 11.9 Å². The molecule has 1 fully saturated rings. The van der Waals surface area contributed by atoms with Gasteiger partial charge in [-0.25, -0.2) is 0 Å². The number of hydrogen-bond acceptors (Lipinski definition) is 3. The summed E-state index contributed by atoms with van der Waals surface area (Å²) in [6, 6.07) is 1.73. The van der Waals surface area contributed by atoms with Crippen LogP contribution in [0.4, 0.5) is 0 Å². The van der Waals surface area contributed by atoms with Gasteiger partial charge in [-0.1, -0.05) is 23.2 Å². The first-order chi connectivity index (χ1) is 11.1. The van der Waals surface area contributed by atoms with E-state index in [9.17, 15) is 4.79 Å². The lowest BCUT2D eigenvalue weighted by molar-refractivity contribution is -0.121. The number of benzene rings is 1. The zero-order chi connectivity index (χ0) is 16.1. The molecule has 7 heteroatoms. The van der Waals surface area contributed by atoms with Gasteiger partial charge in [0.15, 0.2) is 0 Å². The van der Waals surface area contributed by atoms with Crippen molar-refractivity contribution in [3.8, 4) is 5.75 Å². The van der Waals surface area contributed by atoms with Gasteiger partial charge in [0, 0.05) is 30.1 Å². The number of ether oxygens (including phenoxy) is 2. The molecule has 1 saturated heterocycles. The number of rotatable bonds is 2. The highest BCUT2D eigenvalue weighted by Crippen LogP contribution is 2.43. The van der Waals surface area contributed by atoms with E-state index in [0.29, 0.717) is 35.6 Å². The maximum Gasteiger partial charge on any atom is 0.227 e. The summed E-state index contributed by atoms with van der Waals surface area (Å²) in [4.78, 5) is 15.6. The quantitative estimate of drug-likeness (QED) is 0.871. The molecule has 0 bridgehead atoms. The van der Waals surface area contributed by atoms with Crippen molar-refractivity contribution >= 4 is 40.0 Å². The molecule has 122 valence electrons. The fraction of sp³-hybridized carbons (Fsp3) is 0.438. The van der Waals surface area contributed by atoms with Crippen molar-refractivity contribution in [3.63, 3.8) is 0 Å². The number of carbonyl (C=O) groups is 1. The summed E-state index contributed by atoms with van der Waals surface area (Å²) in [5.41, 5.74) is 2.69. The number of fused-ring (bicyclic) bond motifs is 3. The summed E-state index contributed by atoms with van der Waals surface area (Å²) in [6.45, 7) is 3.61. The Kier molecular flexibility index (Phi) is 3.67.